The third-order valence-electron chi connectivity index (χ3n) is 4.81. The molecular formula is C21H21N3O6. The van der Waals surface area contributed by atoms with Crippen LogP contribution in [0.5, 0.6) is 5.75 Å². The van der Waals surface area contributed by atoms with Crippen LogP contribution in [0.25, 0.3) is 0 Å². The number of hydrogen-bond acceptors (Lipinski definition) is 6. The van der Waals surface area contributed by atoms with Crippen LogP contribution in [0.2, 0.25) is 0 Å². The Balaban J connectivity index is 1.85. The highest BCUT2D eigenvalue weighted by atomic mass is 16.6. The number of hydrogen-bond donors (Lipinski definition) is 1. The van der Waals surface area contributed by atoms with Gasteiger partial charge >= 0.3 is 0 Å². The topological polar surface area (TPSA) is 119 Å². The third-order valence-corrected chi connectivity index (χ3v) is 4.81. The number of nitrogens with one attached hydrogen (secondary N) is 1. The average molecular weight is 411 g/mol. The van der Waals surface area contributed by atoms with Crippen molar-refractivity contribution in [2.45, 2.75) is 20.3 Å². The van der Waals surface area contributed by atoms with E-state index in [1.54, 1.807) is 0 Å². The molecule has 1 aliphatic heterocycles. The van der Waals surface area contributed by atoms with E-state index in [0.717, 1.165) is 0 Å². The minimum Gasteiger partial charge on any atom is -0.495 e. The molecular weight excluding hydrogens is 390 g/mol. The number of ether oxygens (including phenoxy) is 1. The molecule has 0 fully saturated rings. The van der Waals surface area contributed by atoms with Gasteiger partial charge in [-0.25, -0.2) is 0 Å². The minimum atomic E-state index is -0.586. The van der Waals surface area contributed by atoms with Crippen LogP contribution < -0.4 is 10.1 Å². The second-order valence-electron chi connectivity index (χ2n) is 7.30. The molecule has 0 saturated carbocycles. The zero-order valence-corrected chi connectivity index (χ0v) is 16.8. The lowest BCUT2D eigenvalue weighted by Crippen LogP contribution is -2.31. The van der Waals surface area contributed by atoms with Crippen LogP contribution in [0.3, 0.4) is 0 Å². The van der Waals surface area contributed by atoms with Crippen molar-refractivity contribution in [1.82, 2.24) is 4.90 Å². The Hall–Kier alpha value is -3.75. The molecule has 1 heterocycles. The fourth-order valence-corrected chi connectivity index (χ4v) is 3.12. The van der Waals surface area contributed by atoms with Crippen LogP contribution in [0.1, 0.15) is 51.3 Å². The highest BCUT2D eigenvalue weighted by Gasteiger charge is 2.35. The van der Waals surface area contributed by atoms with E-state index in [0.29, 0.717) is 18.9 Å². The van der Waals surface area contributed by atoms with Crippen LogP contribution in [0.15, 0.2) is 36.4 Å². The number of nitrogens with zero attached hydrogens (tertiary/aromatic N) is 2. The maximum Gasteiger partial charge on any atom is 0.271 e. The van der Waals surface area contributed by atoms with Gasteiger partial charge in [0.25, 0.3) is 23.4 Å². The number of anilines is 1. The largest absolute Gasteiger partial charge is 0.495 e. The van der Waals surface area contributed by atoms with Crippen molar-refractivity contribution >= 4 is 29.1 Å². The number of rotatable bonds is 7. The Kier molecular flexibility index (Phi) is 5.81. The number of carbonyl (C=O) groups excluding carboxylic acids is 3. The number of benzene rings is 2. The number of imide groups is 1. The normalized spacial score (nSPS) is 12.9. The van der Waals surface area contributed by atoms with Gasteiger partial charge in [0, 0.05) is 24.2 Å². The van der Waals surface area contributed by atoms with Gasteiger partial charge in [-0.05, 0) is 36.6 Å². The first-order valence-corrected chi connectivity index (χ1v) is 9.37. The van der Waals surface area contributed by atoms with Crippen molar-refractivity contribution in [2.75, 3.05) is 19.0 Å². The molecule has 1 aliphatic rings. The highest BCUT2D eigenvalue weighted by Crippen LogP contribution is 2.30. The molecule has 1 N–H and O–H groups in total. The molecule has 3 rings (SSSR count). The maximum absolute atomic E-state index is 12.7. The van der Waals surface area contributed by atoms with E-state index in [-0.39, 0.29) is 39.7 Å². The third kappa shape index (κ3) is 4.00. The van der Waals surface area contributed by atoms with Gasteiger partial charge < -0.3 is 10.1 Å². The summed E-state index contributed by atoms with van der Waals surface area (Å²) in [4.78, 5) is 49.5. The molecule has 30 heavy (non-hydrogen) atoms. The summed E-state index contributed by atoms with van der Waals surface area (Å²) in [5.41, 5.74) is 0.490. The van der Waals surface area contributed by atoms with Crippen LogP contribution in [-0.2, 0) is 0 Å². The van der Waals surface area contributed by atoms with E-state index >= 15 is 0 Å². The Labute approximate surface area is 172 Å². The molecule has 0 spiro atoms. The molecule has 9 heteroatoms. The van der Waals surface area contributed by atoms with Gasteiger partial charge in [-0.2, -0.15) is 0 Å². The Morgan fingerprint density at radius 1 is 1.13 bits per heavy atom. The summed E-state index contributed by atoms with van der Waals surface area (Å²) in [5.74, 6) is -0.805. The summed E-state index contributed by atoms with van der Waals surface area (Å²) in [6.07, 6.45) is 0.686. The minimum absolute atomic E-state index is 0.123. The SMILES string of the molecule is COc1ccc([N+](=O)[O-])cc1NC(=O)c1ccc2c(c1)C(=O)N(CCC(C)C)C2=O. The smallest absolute Gasteiger partial charge is 0.271 e. The van der Waals surface area contributed by atoms with Gasteiger partial charge in [-0.15, -0.1) is 0 Å². The quantitative estimate of drug-likeness (QED) is 0.423. The van der Waals surface area contributed by atoms with E-state index in [4.69, 9.17) is 4.74 Å². The summed E-state index contributed by atoms with van der Waals surface area (Å²) in [6, 6.07) is 8.08. The summed E-state index contributed by atoms with van der Waals surface area (Å²) in [5, 5.41) is 13.6. The second kappa shape index (κ2) is 8.32. The molecule has 0 aromatic heterocycles. The van der Waals surface area contributed by atoms with Gasteiger partial charge in [-0.3, -0.25) is 29.4 Å². The Morgan fingerprint density at radius 2 is 1.83 bits per heavy atom. The van der Waals surface area contributed by atoms with E-state index in [2.05, 4.69) is 5.32 Å². The molecule has 9 nitrogen and oxygen atoms in total. The number of carbonyl (C=O) groups is 3. The van der Waals surface area contributed by atoms with Crippen molar-refractivity contribution in [2.24, 2.45) is 5.92 Å². The molecule has 0 unspecified atom stereocenters. The summed E-state index contributed by atoms with van der Waals surface area (Å²) < 4.78 is 5.14. The fourth-order valence-electron chi connectivity index (χ4n) is 3.12. The zero-order valence-electron chi connectivity index (χ0n) is 16.8. The summed E-state index contributed by atoms with van der Waals surface area (Å²) in [6.45, 7) is 4.32. The van der Waals surface area contributed by atoms with Crippen LogP contribution >= 0.6 is 0 Å². The van der Waals surface area contributed by atoms with E-state index in [9.17, 15) is 24.5 Å². The molecule has 2 aromatic carbocycles. The maximum atomic E-state index is 12.7. The molecule has 2 aromatic rings. The van der Waals surface area contributed by atoms with Gasteiger partial charge in [0.2, 0.25) is 0 Å². The summed E-state index contributed by atoms with van der Waals surface area (Å²) in [7, 11) is 1.38. The van der Waals surface area contributed by atoms with Gasteiger partial charge in [0.05, 0.1) is 28.8 Å². The van der Waals surface area contributed by atoms with E-state index in [1.807, 2.05) is 13.8 Å². The van der Waals surface area contributed by atoms with Crippen molar-refractivity contribution in [3.05, 3.63) is 63.2 Å². The number of methoxy groups -OCH3 is 1. The van der Waals surface area contributed by atoms with Crippen LogP contribution in [0.4, 0.5) is 11.4 Å². The molecule has 156 valence electrons. The van der Waals surface area contributed by atoms with Crippen molar-refractivity contribution < 1.29 is 24.0 Å². The van der Waals surface area contributed by atoms with Gasteiger partial charge in [0.1, 0.15) is 5.75 Å². The number of nitro groups is 1. The average Bonchev–Trinajstić information content (AvgIpc) is 2.95. The Morgan fingerprint density at radius 3 is 2.47 bits per heavy atom. The standard InChI is InChI=1S/C21H21N3O6/c1-12(2)8-9-23-20(26)15-6-4-13(10-16(15)21(23)27)19(25)22-17-11-14(24(28)29)5-7-18(17)30-3/h4-7,10-12H,8-9H2,1-3H3,(H,22,25). The number of non-ortho nitro benzene ring substituents is 1. The fraction of sp³-hybridized carbons (Fsp3) is 0.286. The first-order valence-electron chi connectivity index (χ1n) is 9.37. The predicted molar refractivity (Wildman–Crippen MR) is 109 cm³/mol. The number of fused-ring (bicyclic) bond motifs is 1. The van der Waals surface area contributed by atoms with Crippen molar-refractivity contribution in [1.29, 1.82) is 0 Å². The molecule has 0 radical (unpaired) electrons. The van der Waals surface area contributed by atoms with E-state index in [1.165, 1.54) is 48.4 Å². The first-order chi connectivity index (χ1) is 14.2. The molecule has 0 atom stereocenters. The van der Waals surface area contributed by atoms with Crippen LogP contribution in [-0.4, -0.2) is 41.2 Å². The lowest BCUT2D eigenvalue weighted by atomic mass is 10.1. The zero-order chi connectivity index (χ0) is 22.0. The lowest BCUT2D eigenvalue weighted by molar-refractivity contribution is -0.384. The monoisotopic (exact) mass is 411 g/mol. The van der Waals surface area contributed by atoms with Gasteiger partial charge in [0.15, 0.2) is 0 Å². The molecule has 3 amide bonds. The first kappa shape index (κ1) is 21.0. The second-order valence-corrected chi connectivity index (χ2v) is 7.30. The van der Waals surface area contributed by atoms with Crippen LogP contribution in [0, 0.1) is 16.0 Å². The summed E-state index contributed by atoms with van der Waals surface area (Å²) >= 11 is 0. The number of nitro benzene ring substituents is 1. The van der Waals surface area contributed by atoms with Crippen molar-refractivity contribution in [3.63, 3.8) is 0 Å². The van der Waals surface area contributed by atoms with Crippen molar-refractivity contribution in [3.8, 4) is 5.75 Å². The molecule has 0 bridgehead atoms. The van der Waals surface area contributed by atoms with Gasteiger partial charge in [-0.1, -0.05) is 13.8 Å². The van der Waals surface area contributed by atoms with E-state index < -0.39 is 16.7 Å². The highest BCUT2D eigenvalue weighted by molar-refractivity contribution is 6.22. The lowest BCUT2D eigenvalue weighted by Gasteiger charge is -2.14. The molecule has 0 saturated heterocycles. The predicted octanol–water partition coefficient (Wildman–Crippen LogP) is 3.50. The Bertz CT molecular complexity index is 1050. The molecule has 0 aliphatic carbocycles. The number of amides is 3.